The van der Waals surface area contributed by atoms with Gasteiger partial charge in [0.25, 0.3) is 0 Å². The molecule has 1 atom stereocenters. The predicted octanol–water partition coefficient (Wildman–Crippen LogP) is 3.09. The number of halogens is 1. The fraction of sp³-hybridized carbons (Fsp3) is 0.500. The summed E-state index contributed by atoms with van der Waals surface area (Å²) in [4.78, 5) is 5.02. The molecule has 1 aliphatic rings. The van der Waals surface area contributed by atoms with Crippen LogP contribution in [-0.4, -0.2) is 12.7 Å². The molecule has 0 aliphatic carbocycles. The summed E-state index contributed by atoms with van der Waals surface area (Å²) in [6.45, 7) is 4.11. The topological polar surface area (TPSA) is 30.5 Å². The number of hydrogen-bond acceptors (Lipinski definition) is 3. The van der Waals surface area contributed by atoms with Crippen LogP contribution in [0.5, 0.6) is 5.75 Å². The molecule has 0 radical (unpaired) electrons. The average Bonchev–Trinajstić information content (AvgIpc) is 2.15. The Kier molecular flexibility index (Phi) is 3.10. The number of hydroxylamine groups is 1. The van der Waals surface area contributed by atoms with E-state index in [-0.39, 0.29) is 11.6 Å². The highest BCUT2D eigenvalue weighted by atomic mass is 35.5. The fourth-order valence-corrected chi connectivity index (χ4v) is 2.23. The largest absolute Gasteiger partial charge is 0.487 e. The quantitative estimate of drug-likeness (QED) is 0.808. The Morgan fingerprint density at radius 3 is 2.94 bits per heavy atom. The molecule has 0 aromatic heterocycles. The summed E-state index contributed by atoms with van der Waals surface area (Å²) >= 11 is 5.96. The SMILES string of the molecule is CONC1CC(C)(C)Oc2cc(Cl)ccc21. The van der Waals surface area contributed by atoms with Crippen molar-refractivity contribution >= 4 is 11.6 Å². The number of benzene rings is 1. The highest BCUT2D eigenvalue weighted by Crippen LogP contribution is 2.40. The third kappa shape index (κ3) is 2.32. The Morgan fingerprint density at radius 1 is 1.50 bits per heavy atom. The summed E-state index contributed by atoms with van der Waals surface area (Å²) in [6.07, 6.45) is 0.857. The molecule has 16 heavy (non-hydrogen) atoms. The monoisotopic (exact) mass is 241 g/mol. The van der Waals surface area contributed by atoms with Crippen LogP contribution in [0, 0.1) is 0 Å². The number of hydrogen-bond donors (Lipinski definition) is 1. The van der Waals surface area contributed by atoms with Gasteiger partial charge in [0, 0.05) is 17.0 Å². The minimum atomic E-state index is -0.214. The van der Waals surface area contributed by atoms with Crippen molar-refractivity contribution in [3.05, 3.63) is 28.8 Å². The van der Waals surface area contributed by atoms with E-state index in [1.165, 1.54) is 0 Å². The van der Waals surface area contributed by atoms with E-state index in [2.05, 4.69) is 19.3 Å². The van der Waals surface area contributed by atoms with Gasteiger partial charge in [0.05, 0.1) is 13.2 Å². The molecular formula is C12H16ClNO2. The number of ether oxygens (including phenoxy) is 1. The Morgan fingerprint density at radius 2 is 2.25 bits per heavy atom. The maximum atomic E-state index is 5.96. The zero-order valence-electron chi connectivity index (χ0n) is 9.71. The maximum Gasteiger partial charge on any atom is 0.126 e. The summed E-state index contributed by atoms with van der Waals surface area (Å²) in [7, 11) is 1.62. The van der Waals surface area contributed by atoms with Crippen LogP contribution in [-0.2, 0) is 4.84 Å². The molecule has 3 nitrogen and oxygen atoms in total. The normalized spacial score (nSPS) is 22.4. The Hall–Kier alpha value is -0.770. The van der Waals surface area contributed by atoms with Crippen LogP contribution in [0.3, 0.4) is 0 Å². The maximum absolute atomic E-state index is 5.96. The minimum absolute atomic E-state index is 0.140. The summed E-state index contributed by atoms with van der Waals surface area (Å²) in [5.74, 6) is 0.832. The van der Waals surface area contributed by atoms with Gasteiger partial charge in [-0.3, -0.25) is 0 Å². The first-order valence-corrected chi connectivity index (χ1v) is 5.66. The Labute approximate surface area is 101 Å². The van der Waals surface area contributed by atoms with Gasteiger partial charge in [-0.15, -0.1) is 0 Å². The molecule has 0 fully saturated rings. The van der Waals surface area contributed by atoms with Gasteiger partial charge >= 0.3 is 0 Å². The molecular weight excluding hydrogens is 226 g/mol. The van der Waals surface area contributed by atoms with Crippen molar-refractivity contribution in [3.8, 4) is 5.75 Å². The van der Waals surface area contributed by atoms with E-state index >= 15 is 0 Å². The van der Waals surface area contributed by atoms with E-state index in [1.807, 2.05) is 18.2 Å². The molecule has 0 saturated carbocycles. The van der Waals surface area contributed by atoms with Crippen molar-refractivity contribution in [3.63, 3.8) is 0 Å². The molecule has 1 heterocycles. The molecule has 1 N–H and O–H groups in total. The van der Waals surface area contributed by atoms with Gasteiger partial charge in [0.15, 0.2) is 0 Å². The second kappa shape index (κ2) is 4.24. The van der Waals surface area contributed by atoms with E-state index in [4.69, 9.17) is 21.2 Å². The van der Waals surface area contributed by atoms with Crippen LogP contribution in [0.15, 0.2) is 18.2 Å². The van der Waals surface area contributed by atoms with Gasteiger partial charge in [0.2, 0.25) is 0 Å². The van der Waals surface area contributed by atoms with Gasteiger partial charge in [0.1, 0.15) is 11.4 Å². The van der Waals surface area contributed by atoms with E-state index < -0.39 is 0 Å². The van der Waals surface area contributed by atoms with Gasteiger partial charge in [-0.25, -0.2) is 0 Å². The second-order valence-electron chi connectivity index (χ2n) is 4.62. The number of nitrogens with one attached hydrogen (secondary N) is 1. The van der Waals surface area contributed by atoms with Crippen molar-refractivity contribution in [2.24, 2.45) is 0 Å². The lowest BCUT2D eigenvalue weighted by atomic mass is 9.90. The zero-order valence-corrected chi connectivity index (χ0v) is 10.5. The lowest BCUT2D eigenvalue weighted by molar-refractivity contribution is 0.00300. The summed E-state index contributed by atoms with van der Waals surface area (Å²) < 4.78 is 5.90. The highest BCUT2D eigenvalue weighted by Gasteiger charge is 2.33. The van der Waals surface area contributed by atoms with Crippen molar-refractivity contribution in [1.29, 1.82) is 0 Å². The molecule has 2 rings (SSSR count). The van der Waals surface area contributed by atoms with Crippen LogP contribution in [0.1, 0.15) is 31.9 Å². The molecule has 1 unspecified atom stereocenters. The molecule has 0 amide bonds. The molecule has 1 aromatic carbocycles. The molecule has 88 valence electrons. The van der Waals surface area contributed by atoms with Crippen molar-refractivity contribution in [2.45, 2.75) is 31.9 Å². The van der Waals surface area contributed by atoms with Gasteiger partial charge in [-0.1, -0.05) is 17.7 Å². The smallest absolute Gasteiger partial charge is 0.126 e. The Bertz CT molecular complexity index is 393. The molecule has 0 saturated heterocycles. The molecule has 4 heteroatoms. The highest BCUT2D eigenvalue weighted by molar-refractivity contribution is 6.30. The number of rotatable bonds is 2. The second-order valence-corrected chi connectivity index (χ2v) is 5.06. The van der Waals surface area contributed by atoms with E-state index in [0.29, 0.717) is 5.02 Å². The van der Waals surface area contributed by atoms with Gasteiger partial charge < -0.3 is 9.57 Å². The summed E-state index contributed by atoms with van der Waals surface area (Å²) in [5.41, 5.74) is 3.87. The van der Waals surface area contributed by atoms with Crippen LogP contribution in [0.4, 0.5) is 0 Å². The molecule has 1 aliphatic heterocycles. The van der Waals surface area contributed by atoms with E-state index in [9.17, 15) is 0 Å². The van der Waals surface area contributed by atoms with Crippen molar-refractivity contribution in [1.82, 2.24) is 5.48 Å². The zero-order chi connectivity index (χ0) is 11.8. The third-order valence-electron chi connectivity index (χ3n) is 2.69. The lowest BCUT2D eigenvalue weighted by Gasteiger charge is -2.37. The average molecular weight is 242 g/mol. The third-order valence-corrected chi connectivity index (χ3v) is 2.93. The summed E-state index contributed by atoms with van der Waals surface area (Å²) in [5, 5.41) is 0.688. The van der Waals surface area contributed by atoms with Gasteiger partial charge in [-0.2, -0.15) is 5.48 Å². The number of fused-ring (bicyclic) bond motifs is 1. The van der Waals surface area contributed by atoms with Crippen molar-refractivity contribution < 1.29 is 9.57 Å². The molecule has 0 bridgehead atoms. The minimum Gasteiger partial charge on any atom is -0.487 e. The predicted molar refractivity (Wildman–Crippen MR) is 63.7 cm³/mol. The van der Waals surface area contributed by atoms with Crippen molar-refractivity contribution in [2.75, 3.05) is 7.11 Å². The first-order chi connectivity index (χ1) is 7.52. The van der Waals surface area contributed by atoms with E-state index in [0.717, 1.165) is 17.7 Å². The summed E-state index contributed by atoms with van der Waals surface area (Å²) in [6, 6.07) is 5.83. The fourth-order valence-electron chi connectivity index (χ4n) is 2.07. The van der Waals surface area contributed by atoms with E-state index in [1.54, 1.807) is 7.11 Å². The molecule has 0 spiro atoms. The lowest BCUT2D eigenvalue weighted by Crippen LogP contribution is -2.39. The Balaban J connectivity index is 2.38. The molecule has 1 aromatic rings. The first kappa shape index (κ1) is 11.7. The van der Waals surface area contributed by atoms with Crippen LogP contribution in [0.2, 0.25) is 5.02 Å². The van der Waals surface area contributed by atoms with Crippen LogP contribution < -0.4 is 10.2 Å². The van der Waals surface area contributed by atoms with Crippen LogP contribution >= 0.6 is 11.6 Å². The van der Waals surface area contributed by atoms with Crippen LogP contribution in [0.25, 0.3) is 0 Å². The standard InChI is InChI=1S/C12H16ClNO2/c1-12(2)7-10(14-15-3)9-5-4-8(13)6-11(9)16-12/h4-6,10,14H,7H2,1-3H3. The van der Waals surface area contributed by atoms with Gasteiger partial charge in [-0.05, 0) is 26.0 Å². The first-order valence-electron chi connectivity index (χ1n) is 5.29.